The Morgan fingerprint density at radius 3 is 2.88 bits per heavy atom. The Morgan fingerprint density at radius 2 is 2.24 bits per heavy atom. The SMILES string of the molecule is CNC1CCN(c2cc(Cl)ccc2Br)C(C)C1. The Morgan fingerprint density at radius 1 is 1.47 bits per heavy atom. The van der Waals surface area contributed by atoms with Crippen molar-refractivity contribution in [1.82, 2.24) is 5.32 Å². The lowest BCUT2D eigenvalue weighted by atomic mass is 9.98. The summed E-state index contributed by atoms with van der Waals surface area (Å²) in [7, 11) is 2.04. The van der Waals surface area contributed by atoms with Gasteiger partial charge in [-0.1, -0.05) is 11.6 Å². The molecule has 0 aliphatic carbocycles. The largest absolute Gasteiger partial charge is 0.368 e. The summed E-state index contributed by atoms with van der Waals surface area (Å²) in [5.74, 6) is 0. The normalized spacial score (nSPS) is 25.1. The highest BCUT2D eigenvalue weighted by molar-refractivity contribution is 9.10. The lowest BCUT2D eigenvalue weighted by molar-refractivity contribution is 0.387. The highest BCUT2D eigenvalue weighted by atomic mass is 79.9. The number of anilines is 1. The van der Waals surface area contributed by atoms with Crippen LogP contribution in [0.3, 0.4) is 0 Å². The second-order valence-corrected chi connectivity index (χ2v) is 5.94. The van der Waals surface area contributed by atoms with Crippen molar-refractivity contribution in [2.75, 3.05) is 18.5 Å². The first-order chi connectivity index (χ1) is 8.11. The van der Waals surface area contributed by atoms with Gasteiger partial charge in [-0.15, -0.1) is 0 Å². The van der Waals surface area contributed by atoms with Gasteiger partial charge in [0.25, 0.3) is 0 Å². The molecule has 0 aromatic heterocycles. The topological polar surface area (TPSA) is 15.3 Å². The van der Waals surface area contributed by atoms with Crippen LogP contribution >= 0.6 is 27.5 Å². The number of rotatable bonds is 2. The third-order valence-corrected chi connectivity index (χ3v) is 4.41. The van der Waals surface area contributed by atoms with E-state index in [0.29, 0.717) is 12.1 Å². The molecule has 94 valence electrons. The fourth-order valence-corrected chi connectivity index (χ4v) is 3.14. The van der Waals surface area contributed by atoms with E-state index in [9.17, 15) is 0 Å². The third-order valence-electron chi connectivity index (χ3n) is 3.50. The number of piperidine rings is 1. The van der Waals surface area contributed by atoms with E-state index in [2.05, 4.69) is 33.1 Å². The smallest absolute Gasteiger partial charge is 0.0528 e. The van der Waals surface area contributed by atoms with Gasteiger partial charge in [0.15, 0.2) is 0 Å². The first-order valence-corrected chi connectivity index (χ1v) is 7.18. The van der Waals surface area contributed by atoms with E-state index >= 15 is 0 Å². The fourth-order valence-electron chi connectivity index (χ4n) is 2.50. The Hall–Kier alpha value is -0.250. The molecule has 0 spiro atoms. The summed E-state index contributed by atoms with van der Waals surface area (Å²) >= 11 is 9.69. The van der Waals surface area contributed by atoms with Crippen LogP contribution in [0.2, 0.25) is 5.02 Å². The molecule has 0 bridgehead atoms. The first-order valence-electron chi connectivity index (χ1n) is 6.00. The van der Waals surface area contributed by atoms with E-state index in [1.165, 1.54) is 18.5 Å². The van der Waals surface area contributed by atoms with Crippen molar-refractivity contribution in [3.8, 4) is 0 Å². The zero-order chi connectivity index (χ0) is 12.4. The average molecular weight is 318 g/mol. The van der Waals surface area contributed by atoms with Gasteiger partial charge < -0.3 is 10.2 Å². The second-order valence-electron chi connectivity index (χ2n) is 4.65. The summed E-state index contributed by atoms with van der Waals surface area (Å²) in [5, 5.41) is 4.17. The Labute approximate surface area is 116 Å². The van der Waals surface area contributed by atoms with Crippen molar-refractivity contribution in [3.63, 3.8) is 0 Å². The third kappa shape index (κ3) is 2.95. The zero-order valence-corrected chi connectivity index (χ0v) is 12.6. The van der Waals surface area contributed by atoms with Crippen molar-refractivity contribution in [3.05, 3.63) is 27.7 Å². The lowest BCUT2D eigenvalue weighted by Gasteiger charge is -2.39. The summed E-state index contributed by atoms with van der Waals surface area (Å²) in [6.45, 7) is 3.35. The van der Waals surface area contributed by atoms with E-state index in [0.717, 1.165) is 16.0 Å². The monoisotopic (exact) mass is 316 g/mol. The number of nitrogens with one attached hydrogen (secondary N) is 1. The van der Waals surface area contributed by atoms with Gasteiger partial charge in [-0.05, 0) is 60.9 Å². The number of hydrogen-bond acceptors (Lipinski definition) is 2. The van der Waals surface area contributed by atoms with Crippen LogP contribution in [0.5, 0.6) is 0 Å². The van der Waals surface area contributed by atoms with Crippen LogP contribution in [-0.4, -0.2) is 25.7 Å². The zero-order valence-electron chi connectivity index (χ0n) is 10.2. The molecule has 0 saturated carbocycles. The van der Waals surface area contributed by atoms with Crippen LogP contribution in [0, 0.1) is 0 Å². The van der Waals surface area contributed by atoms with Crippen LogP contribution < -0.4 is 10.2 Å². The average Bonchev–Trinajstić information content (AvgIpc) is 2.32. The minimum Gasteiger partial charge on any atom is -0.368 e. The van der Waals surface area contributed by atoms with E-state index in [1.807, 2.05) is 25.2 Å². The van der Waals surface area contributed by atoms with Crippen molar-refractivity contribution >= 4 is 33.2 Å². The molecule has 0 amide bonds. The van der Waals surface area contributed by atoms with Crippen LogP contribution in [0.15, 0.2) is 22.7 Å². The van der Waals surface area contributed by atoms with Crippen molar-refractivity contribution in [2.45, 2.75) is 31.8 Å². The molecule has 1 aliphatic heterocycles. The molecule has 2 unspecified atom stereocenters. The standard InChI is InChI=1S/C13H18BrClN2/c1-9-7-11(16-2)5-6-17(9)13-8-10(15)3-4-12(13)14/h3-4,8-9,11,16H,5-7H2,1-2H3. The number of nitrogens with zero attached hydrogens (tertiary/aromatic N) is 1. The van der Waals surface area contributed by atoms with Gasteiger partial charge in [-0.3, -0.25) is 0 Å². The maximum Gasteiger partial charge on any atom is 0.0528 e. The molecule has 1 N–H and O–H groups in total. The molecule has 2 nitrogen and oxygen atoms in total. The van der Waals surface area contributed by atoms with Gasteiger partial charge in [-0.25, -0.2) is 0 Å². The molecule has 1 aromatic rings. The van der Waals surface area contributed by atoms with Gasteiger partial charge in [0.2, 0.25) is 0 Å². The van der Waals surface area contributed by atoms with Gasteiger partial charge in [-0.2, -0.15) is 0 Å². The quantitative estimate of drug-likeness (QED) is 0.895. The van der Waals surface area contributed by atoms with Gasteiger partial charge in [0.05, 0.1) is 5.69 Å². The summed E-state index contributed by atoms with van der Waals surface area (Å²) in [5.41, 5.74) is 1.21. The molecule has 1 aromatic carbocycles. The van der Waals surface area contributed by atoms with Gasteiger partial charge in [0.1, 0.15) is 0 Å². The van der Waals surface area contributed by atoms with Crippen molar-refractivity contribution in [1.29, 1.82) is 0 Å². The van der Waals surface area contributed by atoms with Gasteiger partial charge in [0, 0.05) is 28.1 Å². The Kier molecular flexibility index (Phi) is 4.34. The second kappa shape index (κ2) is 5.59. The molecule has 17 heavy (non-hydrogen) atoms. The van der Waals surface area contributed by atoms with Crippen LogP contribution in [0.25, 0.3) is 0 Å². The predicted molar refractivity (Wildman–Crippen MR) is 78.0 cm³/mol. The summed E-state index contributed by atoms with van der Waals surface area (Å²) < 4.78 is 1.12. The minimum atomic E-state index is 0.538. The van der Waals surface area contributed by atoms with Crippen molar-refractivity contribution in [2.24, 2.45) is 0 Å². The Balaban J connectivity index is 2.20. The molecule has 1 aliphatic rings. The Bertz CT molecular complexity index is 397. The van der Waals surface area contributed by atoms with Crippen LogP contribution in [0.1, 0.15) is 19.8 Å². The molecule has 1 fully saturated rings. The molecule has 4 heteroatoms. The maximum atomic E-state index is 6.08. The van der Waals surface area contributed by atoms with E-state index in [-0.39, 0.29) is 0 Å². The van der Waals surface area contributed by atoms with E-state index in [4.69, 9.17) is 11.6 Å². The fraction of sp³-hybridized carbons (Fsp3) is 0.538. The lowest BCUT2D eigenvalue weighted by Crippen LogP contribution is -2.46. The maximum absolute atomic E-state index is 6.08. The molecule has 1 saturated heterocycles. The molecule has 0 radical (unpaired) electrons. The summed E-state index contributed by atoms with van der Waals surface area (Å²) in [6, 6.07) is 7.16. The minimum absolute atomic E-state index is 0.538. The highest BCUT2D eigenvalue weighted by Crippen LogP contribution is 2.33. The van der Waals surface area contributed by atoms with E-state index in [1.54, 1.807) is 0 Å². The van der Waals surface area contributed by atoms with Gasteiger partial charge >= 0.3 is 0 Å². The number of benzene rings is 1. The predicted octanol–water partition coefficient (Wildman–Crippen LogP) is 3.68. The summed E-state index contributed by atoms with van der Waals surface area (Å²) in [4.78, 5) is 2.43. The first kappa shape index (κ1) is 13.2. The number of halogens is 2. The van der Waals surface area contributed by atoms with Crippen LogP contribution in [0.4, 0.5) is 5.69 Å². The van der Waals surface area contributed by atoms with Crippen molar-refractivity contribution < 1.29 is 0 Å². The number of hydrogen-bond donors (Lipinski definition) is 1. The van der Waals surface area contributed by atoms with E-state index < -0.39 is 0 Å². The molecular formula is C13H18BrClN2. The van der Waals surface area contributed by atoms with Crippen LogP contribution in [-0.2, 0) is 0 Å². The highest BCUT2D eigenvalue weighted by Gasteiger charge is 2.25. The molecule has 2 rings (SSSR count). The molecular weight excluding hydrogens is 300 g/mol. The molecule has 2 atom stereocenters. The molecule has 1 heterocycles. The summed E-state index contributed by atoms with van der Waals surface area (Å²) in [6.07, 6.45) is 2.36.